The molecule has 0 amide bonds. The van der Waals surface area contributed by atoms with Gasteiger partial charge in [-0.2, -0.15) is 0 Å². The summed E-state index contributed by atoms with van der Waals surface area (Å²) in [5, 5.41) is 3.45. The Morgan fingerprint density at radius 1 is 1.00 bits per heavy atom. The molecular weight excluding hydrogens is 242 g/mol. The molecule has 0 spiro atoms. The largest absolute Gasteiger partial charge is 0.385 e. The third-order valence-corrected chi connectivity index (χ3v) is 3.60. The van der Waals surface area contributed by atoms with Gasteiger partial charge in [0.25, 0.3) is 0 Å². The van der Waals surface area contributed by atoms with Crippen molar-refractivity contribution in [3.05, 3.63) is 0 Å². The van der Waals surface area contributed by atoms with Crippen molar-refractivity contribution >= 4 is 0 Å². The molecule has 0 radical (unpaired) electrons. The van der Waals surface area contributed by atoms with Crippen LogP contribution in [0.25, 0.3) is 0 Å². The van der Waals surface area contributed by atoms with E-state index in [1.54, 1.807) is 14.2 Å². The number of hydrogen-bond acceptors (Lipinski definition) is 5. The standard InChI is InChI=1S/C14H31N3O2/c1-18-13-4-8-17(12-14-19-2)11-10-16-7-3-5-15-6-9-16/h15H,3-14H2,1-2H3. The van der Waals surface area contributed by atoms with Gasteiger partial charge >= 0.3 is 0 Å². The van der Waals surface area contributed by atoms with Crippen molar-refractivity contribution in [1.29, 1.82) is 0 Å². The second-order valence-electron chi connectivity index (χ2n) is 5.13. The fourth-order valence-electron chi connectivity index (χ4n) is 2.40. The molecule has 0 unspecified atom stereocenters. The lowest BCUT2D eigenvalue weighted by molar-refractivity contribution is 0.123. The number of ether oxygens (including phenoxy) is 2. The summed E-state index contributed by atoms with van der Waals surface area (Å²) in [4.78, 5) is 5.05. The van der Waals surface area contributed by atoms with Crippen molar-refractivity contribution in [3.8, 4) is 0 Å². The highest BCUT2D eigenvalue weighted by atomic mass is 16.5. The normalized spacial score (nSPS) is 17.8. The second kappa shape index (κ2) is 11.6. The van der Waals surface area contributed by atoms with Crippen LogP contribution in [0.2, 0.25) is 0 Å². The summed E-state index contributed by atoms with van der Waals surface area (Å²) >= 11 is 0. The van der Waals surface area contributed by atoms with Crippen LogP contribution in [0, 0.1) is 0 Å². The molecule has 1 N–H and O–H groups in total. The fourth-order valence-corrected chi connectivity index (χ4v) is 2.40. The van der Waals surface area contributed by atoms with E-state index < -0.39 is 0 Å². The van der Waals surface area contributed by atoms with Gasteiger partial charge in [-0.25, -0.2) is 0 Å². The monoisotopic (exact) mass is 273 g/mol. The van der Waals surface area contributed by atoms with E-state index in [-0.39, 0.29) is 0 Å². The molecule has 0 atom stereocenters. The van der Waals surface area contributed by atoms with Crippen molar-refractivity contribution in [3.63, 3.8) is 0 Å². The van der Waals surface area contributed by atoms with Crippen molar-refractivity contribution in [2.75, 3.05) is 79.8 Å². The van der Waals surface area contributed by atoms with E-state index in [4.69, 9.17) is 9.47 Å². The van der Waals surface area contributed by atoms with Gasteiger partial charge in [-0.15, -0.1) is 0 Å². The highest BCUT2D eigenvalue weighted by Crippen LogP contribution is 1.98. The van der Waals surface area contributed by atoms with Gasteiger partial charge in [0.05, 0.1) is 6.61 Å². The first-order valence-electron chi connectivity index (χ1n) is 7.50. The molecule has 0 aromatic rings. The SMILES string of the molecule is COCCCN(CCOC)CCN1CCCNCC1. The molecule has 1 aliphatic rings. The Morgan fingerprint density at radius 2 is 1.84 bits per heavy atom. The van der Waals surface area contributed by atoms with Crippen LogP contribution in [-0.2, 0) is 9.47 Å². The first-order valence-corrected chi connectivity index (χ1v) is 7.50. The van der Waals surface area contributed by atoms with Gasteiger partial charge in [0.15, 0.2) is 0 Å². The molecule has 1 heterocycles. The second-order valence-corrected chi connectivity index (χ2v) is 5.13. The molecule has 0 saturated carbocycles. The maximum absolute atomic E-state index is 5.19. The van der Waals surface area contributed by atoms with Crippen LogP contribution in [0.5, 0.6) is 0 Å². The van der Waals surface area contributed by atoms with Gasteiger partial charge in [0, 0.05) is 60.1 Å². The van der Waals surface area contributed by atoms with Crippen LogP contribution in [0.1, 0.15) is 12.8 Å². The average Bonchev–Trinajstić information content (AvgIpc) is 2.70. The number of rotatable bonds is 10. The summed E-state index contributed by atoms with van der Waals surface area (Å²) in [5.41, 5.74) is 0. The van der Waals surface area contributed by atoms with Gasteiger partial charge in [-0.1, -0.05) is 0 Å². The molecule has 5 heteroatoms. The van der Waals surface area contributed by atoms with E-state index in [0.717, 1.165) is 52.4 Å². The predicted molar refractivity (Wildman–Crippen MR) is 78.7 cm³/mol. The van der Waals surface area contributed by atoms with E-state index in [0.29, 0.717) is 0 Å². The van der Waals surface area contributed by atoms with Crippen LogP contribution >= 0.6 is 0 Å². The van der Waals surface area contributed by atoms with Crippen LogP contribution in [-0.4, -0.2) is 89.6 Å². The summed E-state index contributed by atoms with van der Waals surface area (Å²) in [6, 6.07) is 0. The zero-order valence-electron chi connectivity index (χ0n) is 12.7. The van der Waals surface area contributed by atoms with Crippen molar-refractivity contribution in [2.24, 2.45) is 0 Å². The third kappa shape index (κ3) is 8.55. The summed E-state index contributed by atoms with van der Waals surface area (Å²) in [6.07, 6.45) is 2.36. The lowest BCUT2D eigenvalue weighted by Crippen LogP contribution is -2.38. The minimum Gasteiger partial charge on any atom is -0.385 e. The lowest BCUT2D eigenvalue weighted by atomic mass is 10.3. The third-order valence-electron chi connectivity index (χ3n) is 3.60. The molecule has 5 nitrogen and oxygen atoms in total. The molecule has 114 valence electrons. The van der Waals surface area contributed by atoms with Crippen molar-refractivity contribution in [2.45, 2.75) is 12.8 Å². The summed E-state index contributed by atoms with van der Waals surface area (Å²) in [6.45, 7) is 10.8. The van der Waals surface area contributed by atoms with Crippen LogP contribution in [0.3, 0.4) is 0 Å². The highest BCUT2D eigenvalue weighted by Gasteiger charge is 2.11. The van der Waals surface area contributed by atoms with E-state index in [1.165, 1.54) is 26.1 Å². The van der Waals surface area contributed by atoms with Gasteiger partial charge in [-0.3, -0.25) is 4.90 Å². The summed E-state index contributed by atoms with van der Waals surface area (Å²) in [7, 11) is 3.54. The summed E-state index contributed by atoms with van der Waals surface area (Å²) < 4.78 is 10.3. The number of methoxy groups -OCH3 is 2. The Kier molecular flexibility index (Phi) is 10.3. The molecule has 0 bridgehead atoms. The molecule has 0 aromatic carbocycles. The molecule has 0 aliphatic carbocycles. The minimum atomic E-state index is 0.814. The van der Waals surface area contributed by atoms with Gasteiger partial charge in [0.1, 0.15) is 0 Å². The molecule has 1 saturated heterocycles. The molecule has 1 rings (SSSR count). The predicted octanol–water partition coefficient (Wildman–Crippen LogP) is 0.267. The minimum absolute atomic E-state index is 0.814. The first kappa shape index (κ1) is 16.9. The highest BCUT2D eigenvalue weighted by molar-refractivity contribution is 4.68. The van der Waals surface area contributed by atoms with Gasteiger partial charge in [-0.05, 0) is 25.9 Å². The Balaban J connectivity index is 2.20. The molecular formula is C14H31N3O2. The van der Waals surface area contributed by atoms with Crippen LogP contribution < -0.4 is 5.32 Å². The Hall–Kier alpha value is -0.200. The van der Waals surface area contributed by atoms with E-state index in [1.807, 2.05) is 0 Å². The topological polar surface area (TPSA) is 37.0 Å². The fraction of sp³-hybridized carbons (Fsp3) is 1.00. The molecule has 0 aromatic heterocycles. The maximum Gasteiger partial charge on any atom is 0.0589 e. The Morgan fingerprint density at radius 3 is 2.63 bits per heavy atom. The van der Waals surface area contributed by atoms with E-state index in [2.05, 4.69) is 15.1 Å². The molecule has 1 aliphatic heterocycles. The Bertz CT molecular complexity index is 197. The first-order chi connectivity index (χ1) is 9.36. The number of nitrogens with one attached hydrogen (secondary N) is 1. The lowest BCUT2D eigenvalue weighted by Gasteiger charge is -2.26. The number of hydrogen-bond donors (Lipinski definition) is 1. The quantitative estimate of drug-likeness (QED) is 0.578. The zero-order valence-corrected chi connectivity index (χ0v) is 12.7. The van der Waals surface area contributed by atoms with Gasteiger partial charge < -0.3 is 19.7 Å². The van der Waals surface area contributed by atoms with Gasteiger partial charge in [0.2, 0.25) is 0 Å². The van der Waals surface area contributed by atoms with Crippen molar-refractivity contribution < 1.29 is 9.47 Å². The average molecular weight is 273 g/mol. The number of nitrogens with zero attached hydrogens (tertiary/aromatic N) is 2. The van der Waals surface area contributed by atoms with E-state index >= 15 is 0 Å². The summed E-state index contributed by atoms with van der Waals surface area (Å²) in [5.74, 6) is 0. The van der Waals surface area contributed by atoms with E-state index in [9.17, 15) is 0 Å². The van der Waals surface area contributed by atoms with Crippen LogP contribution in [0.4, 0.5) is 0 Å². The zero-order chi connectivity index (χ0) is 13.8. The van der Waals surface area contributed by atoms with Crippen molar-refractivity contribution in [1.82, 2.24) is 15.1 Å². The molecule has 1 fully saturated rings. The smallest absolute Gasteiger partial charge is 0.0589 e. The molecule has 19 heavy (non-hydrogen) atoms. The maximum atomic E-state index is 5.19. The Labute approximate surface area is 118 Å². The van der Waals surface area contributed by atoms with Crippen LogP contribution in [0.15, 0.2) is 0 Å².